The van der Waals surface area contributed by atoms with E-state index in [2.05, 4.69) is 0 Å². The SMILES string of the molecule is C[C@]12C=CC(=O)CC1[C@H](O)C[C@@H]1[C@@H]2[C@@H](O)C[C@@]2(C)[C@H]1CC[C@]2(O)C(=O)CO. The van der Waals surface area contributed by atoms with Crippen molar-refractivity contribution < 1.29 is 30.0 Å². The molecule has 9 atom stereocenters. The van der Waals surface area contributed by atoms with Crippen LogP contribution < -0.4 is 0 Å². The average Bonchev–Trinajstić information content (AvgIpc) is 2.87. The molecular weight excluding hydrogens is 348 g/mol. The zero-order chi connectivity index (χ0) is 19.8. The van der Waals surface area contributed by atoms with Crippen LogP contribution in [0.15, 0.2) is 12.2 Å². The van der Waals surface area contributed by atoms with Gasteiger partial charge in [-0.15, -0.1) is 0 Å². The number of hydrogen-bond acceptors (Lipinski definition) is 6. The standard InChI is InChI=1S/C21H30O6/c1-19-5-3-11(23)7-14(19)15(24)8-12-13-4-6-21(27,17(26)10-22)20(13,2)9-16(25)18(12)19/h3,5,12-16,18,22,24-25,27H,4,6-10H2,1-2H3/t12-,13-,14?,15+,16-,18+,19-,20-,21-/m0/s1. The first kappa shape index (κ1) is 19.2. The minimum atomic E-state index is -1.64. The molecule has 4 N–H and O–H groups in total. The summed E-state index contributed by atoms with van der Waals surface area (Å²) in [6.07, 6.45) is 3.98. The zero-order valence-electron chi connectivity index (χ0n) is 16.0. The Balaban J connectivity index is 1.76. The first-order valence-electron chi connectivity index (χ1n) is 10.0. The average molecular weight is 378 g/mol. The Morgan fingerprint density at radius 1 is 1.22 bits per heavy atom. The van der Waals surface area contributed by atoms with Crippen molar-refractivity contribution in [3.05, 3.63) is 12.2 Å². The summed E-state index contributed by atoms with van der Waals surface area (Å²) in [4.78, 5) is 24.3. The van der Waals surface area contributed by atoms with Gasteiger partial charge in [0, 0.05) is 17.8 Å². The number of carbonyl (C=O) groups excluding carboxylic acids is 2. The van der Waals surface area contributed by atoms with Crippen molar-refractivity contribution in [3.63, 3.8) is 0 Å². The topological polar surface area (TPSA) is 115 Å². The van der Waals surface area contributed by atoms with Gasteiger partial charge in [0.2, 0.25) is 0 Å². The molecule has 0 amide bonds. The van der Waals surface area contributed by atoms with Crippen LogP contribution in [0.3, 0.4) is 0 Å². The molecule has 0 heterocycles. The van der Waals surface area contributed by atoms with E-state index in [1.165, 1.54) is 0 Å². The lowest BCUT2D eigenvalue weighted by Crippen LogP contribution is -2.64. The second kappa shape index (κ2) is 5.96. The summed E-state index contributed by atoms with van der Waals surface area (Å²) in [5.74, 6) is -0.983. The van der Waals surface area contributed by atoms with Crippen molar-refractivity contribution in [3.8, 4) is 0 Å². The van der Waals surface area contributed by atoms with Gasteiger partial charge in [0.1, 0.15) is 12.2 Å². The summed E-state index contributed by atoms with van der Waals surface area (Å²) < 4.78 is 0. The Morgan fingerprint density at radius 3 is 2.59 bits per heavy atom. The second-order valence-corrected chi connectivity index (χ2v) is 9.74. The molecule has 0 spiro atoms. The van der Waals surface area contributed by atoms with E-state index in [9.17, 15) is 30.0 Å². The Hall–Kier alpha value is -1.08. The molecule has 1 unspecified atom stereocenters. The van der Waals surface area contributed by atoms with E-state index in [0.29, 0.717) is 19.3 Å². The maximum Gasteiger partial charge on any atom is 0.190 e. The molecule has 150 valence electrons. The maximum atomic E-state index is 12.4. The summed E-state index contributed by atoms with van der Waals surface area (Å²) in [6, 6.07) is 0. The molecule has 3 saturated carbocycles. The van der Waals surface area contributed by atoms with Crippen LogP contribution in [0.4, 0.5) is 0 Å². The number of carbonyl (C=O) groups is 2. The Morgan fingerprint density at radius 2 is 1.93 bits per heavy atom. The lowest BCUT2D eigenvalue weighted by Gasteiger charge is -2.62. The number of hydrogen-bond donors (Lipinski definition) is 4. The Labute approximate surface area is 159 Å². The molecule has 0 aromatic heterocycles. The van der Waals surface area contributed by atoms with Gasteiger partial charge in [0.25, 0.3) is 0 Å². The minimum Gasteiger partial charge on any atom is -0.393 e. The van der Waals surface area contributed by atoms with Gasteiger partial charge in [-0.05, 0) is 54.9 Å². The lowest BCUT2D eigenvalue weighted by atomic mass is 9.44. The maximum absolute atomic E-state index is 12.4. The molecule has 27 heavy (non-hydrogen) atoms. The summed E-state index contributed by atoms with van der Waals surface area (Å²) >= 11 is 0. The van der Waals surface area contributed by atoms with Crippen LogP contribution in [-0.2, 0) is 9.59 Å². The van der Waals surface area contributed by atoms with Crippen molar-refractivity contribution in [2.75, 3.05) is 6.61 Å². The van der Waals surface area contributed by atoms with Crippen molar-refractivity contribution in [2.24, 2.45) is 34.5 Å². The van der Waals surface area contributed by atoms with E-state index in [0.717, 1.165) is 0 Å². The van der Waals surface area contributed by atoms with Gasteiger partial charge in [0.05, 0.1) is 12.2 Å². The third-order valence-electron chi connectivity index (χ3n) is 8.76. The Bertz CT molecular complexity index is 703. The van der Waals surface area contributed by atoms with Crippen LogP contribution in [0.1, 0.15) is 46.0 Å². The fraction of sp³-hybridized carbons (Fsp3) is 0.810. The highest BCUT2D eigenvalue weighted by Crippen LogP contribution is 2.67. The van der Waals surface area contributed by atoms with Gasteiger partial charge in [-0.3, -0.25) is 9.59 Å². The molecule has 6 nitrogen and oxygen atoms in total. The molecular formula is C21H30O6. The summed E-state index contributed by atoms with van der Waals surface area (Å²) in [5.41, 5.74) is -2.96. The number of aliphatic hydroxyl groups is 4. The van der Waals surface area contributed by atoms with Gasteiger partial charge in [-0.2, -0.15) is 0 Å². The van der Waals surface area contributed by atoms with Crippen LogP contribution in [0.25, 0.3) is 0 Å². The molecule has 4 rings (SSSR count). The summed E-state index contributed by atoms with van der Waals surface area (Å²) in [5, 5.41) is 42.6. The highest BCUT2D eigenvalue weighted by molar-refractivity contribution is 5.91. The van der Waals surface area contributed by atoms with Crippen molar-refractivity contribution in [1.82, 2.24) is 0 Å². The Kier molecular flexibility index (Phi) is 4.25. The molecule has 0 aliphatic heterocycles. The highest BCUT2D eigenvalue weighted by Gasteiger charge is 2.69. The number of allylic oxidation sites excluding steroid dienone is 2. The van der Waals surface area contributed by atoms with Crippen LogP contribution in [0.5, 0.6) is 0 Å². The predicted molar refractivity (Wildman–Crippen MR) is 96.5 cm³/mol. The van der Waals surface area contributed by atoms with E-state index >= 15 is 0 Å². The van der Waals surface area contributed by atoms with Gasteiger partial charge >= 0.3 is 0 Å². The van der Waals surface area contributed by atoms with Crippen molar-refractivity contribution in [1.29, 1.82) is 0 Å². The highest BCUT2D eigenvalue weighted by atomic mass is 16.3. The third-order valence-corrected chi connectivity index (χ3v) is 8.76. The molecule has 0 aromatic carbocycles. The zero-order valence-corrected chi connectivity index (χ0v) is 16.0. The molecule has 0 aromatic rings. The summed E-state index contributed by atoms with van der Waals surface area (Å²) in [7, 11) is 0. The van der Waals surface area contributed by atoms with Crippen LogP contribution in [0, 0.1) is 34.5 Å². The predicted octanol–water partition coefficient (Wildman–Crippen LogP) is 0.608. The molecule has 0 bridgehead atoms. The fourth-order valence-corrected chi connectivity index (χ4v) is 7.41. The lowest BCUT2D eigenvalue weighted by molar-refractivity contribution is -0.202. The number of ketones is 2. The quantitative estimate of drug-likeness (QED) is 0.560. The van der Waals surface area contributed by atoms with E-state index in [1.807, 2.05) is 19.9 Å². The number of aliphatic hydroxyl groups excluding tert-OH is 3. The molecule has 0 saturated heterocycles. The van der Waals surface area contributed by atoms with Crippen molar-refractivity contribution >= 4 is 11.6 Å². The molecule has 6 heteroatoms. The van der Waals surface area contributed by atoms with Gasteiger partial charge in [0.15, 0.2) is 11.6 Å². The number of rotatable bonds is 2. The molecule has 0 radical (unpaired) electrons. The molecule has 4 aliphatic carbocycles. The number of Topliss-reactive ketones (excluding diaryl/α,β-unsaturated/α-hetero) is 1. The first-order valence-corrected chi connectivity index (χ1v) is 10.0. The van der Waals surface area contributed by atoms with E-state index < -0.39 is 41.0 Å². The number of fused-ring (bicyclic) bond motifs is 5. The fourth-order valence-electron chi connectivity index (χ4n) is 7.41. The third kappa shape index (κ3) is 2.33. The first-order chi connectivity index (χ1) is 12.6. The van der Waals surface area contributed by atoms with E-state index in [4.69, 9.17) is 0 Å². The van der Waals surface area contributed by atoms with Gasteiger partial charge < -0.3 is 20.4 Å². The largest absolute Gasteiger partial charge is 0.393 e. The van der Waals surface area contributed by atoms with Crippen LogP contribution in [-0.4, -0.2) is 56.4 Å². The molecule has 3 fully saturated rings. The minimum absolute atomic E-state index is 0.00824. The van der Waals surface area contributed by atoms with E-state index in [-0.39, 0.29) is 42.3 Å². The van der Waals surface area contributed by atoms with Gasteiger partial charge in [-0.1, -0.05) is 19.9 Å². The van der Waals surface area contributed by atoms with Crippen molar-refractivity contribution in [2.45, 2.75) is 63.8 Å². The monoisotopic (exact) mass is 378 g/mol. The van der Waals surface area contributed by atoms with Gasteiger partial charge in [-0.25, -0.2) is 0 Å². The van der Waals surface area contributed by atoms with Crippen LogP contribution >= 0.6 is 0 Å². The smallest absolute Gasteiger partial charge is 0.190 e. The van der Waals surface area contributed by atoms with E-state index in [1.54, 1.807) is 6.08 Å². The normalized spacial score (nSPS) is 54.2. The molecule has 4 aliphatic rings. The second-order valence-electron chi connectivity index (χ2n) is 9.74. The summed E-state index contributed by atoms with van der Waals surface area (Å²) in [6.45, 7) is 3.15. The van der Waals surface area contributed by atoms with Crippen LogP contribution in [0.2, 0.25) is 0 Å².